The van der Waals surface area contributed by atoms with E-state index in [2.05, 4.69) is 12.2 Å². The minimum absolute atomic E-state index is 0.0356. The zero-order valence-electron chi connectivity index (χ0n) is 12.4. The van der Waals surface area contributed by atoms with Crippen LogP contribution >= 0.6 is 0 Å². The molecule has 3 heteroatoms. The molecule has 0 radical (unpaired) electrons. The lowest BCUT2D eigenvalue weighted by Gasteiger charge is -2.24. The molecular weight excluding hydrogens is 226 g/mol. The van der Waals surface area contributed by atoms with Gasteiger partial charge in [-0.2, -0.15) is 0 Å². The normalized spacial score (nSPS) is 12.0. The molecule has 0 amide bonds. The van der Waals surface area contributed by atoms with Crippen molar-refractivity contribution < 1.29 is 10.2 Å². The van der Waals surface area contributed by atoms with Gasteiger partial charge in [-0.25, -0.2) is 0 Å². The molecule has 3 nitrogen and oxygen atoms in total. The van der Waals surface area contributed by atoms with Crippen molar-refractivity contribution in [1.29, 1.82) is 0 Å². The van der Waals surface area contributed by atoms with Crippen LogP contribution in [-0.4, -0.2) is 36.5 Å². The van der Waals surface area contributed by atoms with Crippen LogP contribution in [0.1, 0.15) is 65.2 Å². The van der Waals surface area contributed by atoms with Crippen LogP contribution in [0.4, 0.5) is 0 Å². The number of unbranched alkanes of at least 4 members (excludes halogenated alkanes) is 7. The maximum Gasteiger partial charge on any atom is 0.0518 e. The third-order valence-corrected chi connectivity index (χ3v) is 3.52. The zero-order chi connectivity index (χ0) is 13.7. The highest BCUT2D eigenvalue weighted by atomic mass is 16.3. The summed E-state index contributed by atoms with van der Waals surface area (Å²) >= 11 is 0. The number of hydrogen-bond acceptors (Lipinski definition) is 3. The summed E-state index contributed by atoms with van der Waals surface area (Å²) in [7, 11) is 0. The number of aliphatic hydroxyl groups excluding tert-OH is 2. The lowest BCUT2D eigenvalue weighted by atomic mass is 9.93. The van der Waals surface area contributed by atoms with Crippen LogP contribution in [0, 0.1) is 5.41 Å². The Morgan fingerprint density at radius 2 is 1.33 bits per heavy atom. The Morgan fingerprint density at radius 3 is 1.83 bits per heavy atom. The Morgan fingerprint density at radius 1 is 0.833 bits per heavy atom. The molecule has 0 fully saturated rings. The van der Waals surface area contributed by atoms with E-state index in [1.54, 1.807) is 0 Å². The average molecular weight is 259 g/mol. The van der Waals surface area contributed by atoms with Crippen LogP contribution in [0.3, 0.4) is 0 Å². The molecule has 0 aromatic heterocycles. The Balaban J connectivity index is 3.21. The van der Waals surface area contributed by atoms with Crippen LogP contribution in [0.25, 0.3) is 0 Å². The summed E-state index contributed by atoms with van der Waals surface area (Å²) in [5.74, 6) is 0. The van der Waals surface area contributed by atoms with Crippen LogP contribution in [0.2, 0.25) is 0 Å². The molecule has 0 aromatic rings. The summed E-state index contributed by atoms with van der Waals surface area (Å²) < 4.78 is 0. The van der Waals surface area contributed by atoms with Gasteiger partial charge in [-0.3, -0.25) is 0 Å². The minimum atomic E-state index is -0.375. The first-order valence-electron chi connectivity index (χ1n) is 7.61. The molecule has 0 saturated heterocycles. The van der Waals surface area contributed by atoms with E-state index >= 15 is 0 Å². The Kier molecular flexibility index (Phi) is 11.9. The molecule has 0 aliphatic heterocycles. The van der Waals surface area contributed by atoms with Crippen molar-refractivity contribution in [3.05, 3.63) is 0 Å². The maximum atomic E-state index is 9.13. The molecule has 0 aliphatic carbocycles. The van der Waals surface area contributed by atoms with Gasteiger partial charge >= 0.3 is 0 Å². The van der Waals surface area contributed by atoms with E-state index in [1.165, 1.54) is 51.4 Å². The van der Waals surface area contributed by atoms with Crippen molar-refractivity contribution in [3.63, 3.8) is 0 Å². The van der Waals surface area contributed by atoms with Crippen molar-refractivity contribution in [2.45, 2.75) is 65.2 Å². The highest BCUT2D eigenvalue weighted by Crippen LogP contribution is 2.12. The van der Waals surface area contributed by atoms with E-state index in [0.29, 0.717) is 6.54 Å². The molecule has 110 valence electrons. The Bertz CT molecular complexity index is 170. The van der Waals surface area contributed by atoms with Crippen LogP contribution in [-0.2, 0) is 0 Å². The van der Waals surface area contributed by atoms with Crippen molar-refractivity contribution in [2.24, 2.45) is 5.41 Å². The molecule has 0 unspecified atom stereocenters. The minimum Gasteiger partial charge on any atom is -0.396 e. The second-order valence-corrected chi connectivity index (χ2v) is 5.78. The summed E-state index contributed by atoms with van der Waals surface area (Å²) in [6.45, 7) is 5.90. The molecule has 3 N–H and O–H groups in total. The third-order valence-electron chi connectivity index (χ3n) is 3.52. The Labute approximate surface area is 113 Å². The quantitative estimate of drug-likeness (QED) is 0.446. The van der Waals surface area contributed by atoms with E-state index in [9.17, 15) is 0 Å². The van der Waals surface area contributed by atoms with Crippen molar-refractivity contribution in [2.75, 3.05) is 26.3 Å². The summed E-state index contributed by atoms with van der Waals surface area (Å²) in [5.41, 5.74) is -0.375. The second-order valence-electron chi connectivity index (χ2n) is 5.78. The van der Waals surface area contributed by atoms with Gasteiger partial charge in [0.2, 0.25) is 0 Å². The predicted octanol–water partition coefficient (Wildman–Crippen LogP) is 2.71. The first-order valence-corrected chi connectivity index (χ1v) is 7.61. The van der Waals surface area contributed by atoms with Crippen LogP contribution in [0.5, 0.6) is 0 Å². The molecule has 0 aromatic carbocycles. The molecule has 0 spiro atoms. The van der Waals surface area contributed by atoms with E-state index in [0.717, 1.165) is 6.54 Å². The molecule has 18 heavy (non-hydrogen) atoms. The van der Waals surface area contributed by atoms with Crippen molar-refractivity contribution in [3.8, 4) is 0 Å². The van der Waals surface area contributed by atoms with Crippen molar-refractivity contribution in [1.82, 2.24) is 5.32 Å². The van der Waals surface area contributed by atoms with Gasteiger partial charge in [0.1, 0.15) is 0 Å². The molecule has 0 atom stereocenters. The van der Waals surface area contributed by atoms with Gasteiger partial charge in [0, 0.05) is 12.0 Å². The summed E-state index contributed by atoms with van der Waals surface area (Å²) in [6, 6.07) is 0. The largest absolute Gasteiger partial charge is 0.396 e. The van der Waals surface area contributed by atoms with Gasteiger partial charge in [0.05, 0.1) is 13.2 Å². The summed E-state index contributed by atoms with van der Waals surface area (Å²) in [5, 5.41) is 21.6. The molecule has 0 bridgehead atoms. The second kappa shape index (κ2) is 11.9. The van der Waals surface area contributed by atoms with E-state index in [4.69, 9.17) is 10.2 Å². The molecule has 0 aliphatic rings. The van der Waals surface area contributed by atoms with Gasteiger partial charge in [-0.1, -0.05) is 58.8 Å². The zero-order valence-corrected chi connectivity index (χ0v) is 12.4. The first-order chi connectivity index (χ1) is 8.68. The molecule has 0 heterocycles. The monoisotopic (exact) mass is 259 g/mol. The molecule has 0 rings (SSSR count). The number of aliphatic hydroxyl groups is 2. The summed E-state index contributed by atoms with van der Waals surface area (Å²) in [6.07, 6.45) is 10.7. The topological polar surface area (TPSA) is 52.5 Å². The van der Waals surface area contributed by atoms with Gasteiger partial charge in [-0.15, -0.1) is 0 Å². The lowest BCUT2D eigenvalue weighted by Crippen LogP contribution is -2.38. The fourth-order valence-electron chi connectivity index (χ4n) is 1.94. The maximum absolute atomic E-state index is 9.13. The number of nitrogens with one attached hydrogen (secondary N) is 1. The van der Waals surface area contributed by atoms with Gasteiger partial charge in [0.15, 0.2) is 0 Å². The predicted molar refractivity (Wildman–Crippen MR) is 77.8 cm³/mol. The third kappa shape index (κ3) is 9.86. The van der Waals surface area contributed by atoms with Crippen molar-refractivity contribution >= 4 is 0 Å². The smallest absolute Gasteiger partial charge is 0.0518 e. The standard InChI is InChI=1S/C15H33NO2/c1-3-4-5-6-7-8-9-10-11-16-12-15(2,13-17)14-18/h16-18H,3-14H2,1-2H3. The molecule has 0 saturated carbocycles. The highest BCUT2D eigenvalue weighted by Gasteiger charge is 2.21. The number of rotatable bonds is 13. The van der Waals surface area contributed by atoms with Crippen LogP contribution in [0.15, 0.2) is 0 Å². The van der Waals surface area contributed by atoms with Crippen LogP contribution < -0.4 is 5.32 Å². The fraction of sp³-hybridized carbons (Fsp3) is 1.00. The fourth-order valence-corrected chi connectivity index (χ4v) is 1.94. The van der Waals surface area contributed by atoms with E-state index < -0.39 is 0 Å². The number of hydrogen-bond donors (Lipinski definition) is 3. The summed E-state index contributed by atoms with van der Waals surface area (Å²) in [4.78, 5) is 0. The van der Waals surface area contributed by atoms with E-state index in [-0.39, 0.29) is 18.6 Å². The SMILES string of the molecule is CCCCCCCCCCNCC(C)(CO)CO. The van der Waals surface area contributed by atoms with E-state index in [1.807, 2.05) is 6.92 Å². The van der Waals surface area contributed by atoms with Gasteiger partial charge in [0.25, 0.3) is 0 Å². The average Bonchev–Trinajstić information content (AvgIpc) is 2.40. The Hall–Kier alpha value is -0.120. The van der Waals surface area contributed by atoms with Gasteiger partial charge in [-0.05, 0) is 13.0 Å². The highest BCUT2D eigenvalue weighted by molar-refractivity contribution is 4.74. The lowest BCUT2D eigenvalue weighted by molar-refractivity contribution is 0.0698. The first kappa shape index (κ1) is 17.9. The van der Waals surface area contributed by atoms with Gasteiger partial charge < -0.3 is 15.5 Å². The molecular formula is C15H33NO2.